The second-order valence-corrected chi connectivity index (χ2v) is 6.10. The topological polar surface area (TPSA) is 46.2 Å². The summed E-state index contributed by atoms with van der Waals surface area (Å²) in [6.45, 7) is 2.14. The van der Waals surface area contributed by atoms with Crippen molar-refractivity contribution in [1.82, 2.24) is 0 Å². The molecule has 0 bridgehead atoms. The van der Waals surface area contributed by atoms with Crippen LogP contribution in [0.1, 0.15) is 58.3 Å². The third kappa shape index (κ3) is 2.34. The van der Waals surface area contributed by atoms with Gasteiger partial charge in [-0.1, -0.05) is 26.2 Å². The van der Waals surface area contributed by atoms with Crippen molar-refractivity contribution in [3.8, 4) is 0 Å². The second kappa shape index (κ2) is 4.16. The number of halogens is 2. The Morgan fingerprint density at radius 1 is 1.24 bits per heavy atom. The Morgan fingerprint density at radius 2 is 1.88 bits per heavy atom. The standard InChI is InChI=1S/C13H23F2NO/c1-2-10-4-3-6-12(17,7-5-10)11(16)8-13(14,15)9-11/h10,17H,2-9,16H2,1H3. The Labute approximate surface area is 102 Å². The third-order valence-electron chi connectivity index (χ3n) is 4.82. The number of aliphatic hydroxyl groups is 1. The van der Waals surface area contributed by atoms with E-state index < -0.39 is 17.1 Å². The predicted molar refractivity (Wildman–Crippen MR) is 62.9 cm³/mol. The van der Waals surface area contributed by atoms with Crippen molar-refractivity contribution in [2.45, 2.75) is 75.4 Å². The maximum atomic E-state index is 13.0. The van der Waals surface area contributed by atoms with Gasteiger partial charge in [0.2, 0.25) is 0 Å². The average Bonchev–Trinajstić information content (AvgIpc) is 2.38. The molecule has 0 radical (unpaired) electrons. The molecule has 0 aliphatic heterocycles. The van der Waals surface area contributed by atoms with E-state index in [0.29, 0.717) is 18.8 Å². The van der Waals surface area contributed by atoms with E-state index in [1.54, 1.807) is 0 Å². The minimum Gasteiger partial charge on any atom is -0.388 e. The molecule has 2 atom stereocenters. The highest BCUT2D eigenvalue weighted by atomic mass is 19.3. The monoisotopic (exact) mass is 247 g/mol. The van der Waals surface area contributed by atoms with E-state index in [4.69, 9.17) is 5.73 Å². The van der Waals surface area contributed by atoms with E-state index in [9.17, 15) is 13.9 Å². The Hall–Kier alpha value is -0.220. The molecule has 0 spiro atoms. The van der Waals surface area contributed by atoms with Crippen LogP contribution < -0.4 is 5.73 Å². The van der Waals surface area contributed by atoms with Gasteiger partial charge in [0, 0.05) is 12.8 Å². The van der Waals surface area contributed by atoms with Crippen LogP contribution in [0.2, 0.25) is 0 Å². The summed E-state index contributed by atoms with van der Waals surface area (Å²) in [5.74, 6) is -2.05. The van der Waals surface area contributed by atoms with Gasteiger partial charge < -0.3 is 10.8 Å². The van der Waals surface area contributed by atoms with E-state index in [0.717, 1.165) is 25.7 Å². The van der Waals surface area contributed by atoms with Gasteiger partial charge >= 0.3 is 0 Å². The first kappa shape index (κ1) is 13.2. The van der Waals surface area contributed by atoms with Gasteiger partial charge in [0.05, 0.1) is 11.1 Å². The molecule has 0 amide bonds. The lowest BCUT2D eigenvalue weighted by Crippen LogP contribution is -2.71. The van der Waals surface area contributed by atoms with Gasteiger partial charge in [0.15, 0.2) is 0 Å². The van der Waals surface area contributed by atoms with Gasteiger partial charge in [-0.25, -0.2) is 8.78 Å². The lowest BCUT2D eigenvalue weighted by molar-refractivity contribution is -0.194. The summed E-state index contributed by atoms with van der Waals surface area (Å²) in [7, 11) is 0. The highest BCUT2D eigenvalue weighted by Gasteiger charge is 2.63. The Morgan fingerprint density at radius 3 is 2.41 bits per heavy atom. The first-order valence-electron chi connectivity index (χ1n) is 6.69. The van der Waals surface area contributed by atoms with Crippen LogP contribution in [-0.4, -0.2) is 22.2 Å². The average molecular weight is 247 g/mol. The van der Waals surface area contributed by atoms with Crippen LogP contribution in [0.25, 0.3) is 0 Å². The van der Waals surface area contributed by atoms with Gasteiger partial charge in [0.25, 0.3) is 5.92 Å². The molecule has 3 N–H and O–H groups in total. The lowest BCUT2D eigenvalue weighted by atomic mass is 9.61. The van der Waals surface area contributed by atoms with Crippen LogP contribution in [0.5, 0.6) is 0 Å². The fraction of sp³-hybridized carbons (Fsp3) is 1.00. The number of hydrogen-bond donors (Lipinski definition) is 2. The molecule has 4 heteroatoms. The van der Waals surface area contributed by atoms with Crippen molar-refractivity contribution in [2.75, 3.05) is 0 Å². The molecule has 0 heterocycles. The predicted octanol–water partition coefficient (Wildman–Crippen LogP) is 2.83. The molecule has 2 rings (SSSR count). The van der Waals surface area contributed by atoms with Gasteiger partial charge in [0.1, 0.15) is 0 Å². The highest BCUT2D eigenvalue weighted by Crippen LogP contribution is 2.53. The Kier molecular flexibility index (Phi) is 3.24. The summed E-state index contributed by atoms with van der Waals surface area (Å²) in [6.07, 6.45) is 4.46. The maximum absolute atomic E-state index is 13.0. The van der Waals surface area contributed by atoms with Crippen molar-refractivity contribution in [2.24, 2.45) is 11.7 Å². The van der Waals surface area contributed by atoms with Gasteiger partial charge in [-0.2, -0.15) is 0 Å². The minimum atomic E-state index is -2.67. The molecular weight excluding hydrogens is 224 g/mol. The number of rotatable bonds is 2. The summed E-state index contributed by atoms with van der Waals surface area (Å²) >= 11 is 0. The molecule has 17 heavy (non-hydrogen) atoms. The van der Waals surface area contributed by atoms with Crippen molar-refractivity contribution in [3.05, 3.63) is 0 Å². The van der Waals surface area contributed by atoms with Crippen LogP contribution in [0.3, 0.4) is 0 Å². The van der Waals surface area contributed by atoms with Crippen LogP contribution in [0, 0.1) is 5.92 Å². The Balaban J connectivity index is 2.04. The Bertz CT molecular complexity index is 287. The van der Waals surface area contributed by atoms with E-state index in [1.807, 2.05) is 0 Å². The van der Waals surface area contributed by atoms with Crippen LogP contribution in [0.4, 0.5) is 8.78 Å². The largest absolute Gasteiger partial charge is 0.388 e. The molecular formula is C13H23F2NO. The van der Waals surface area contributed by atoms with Crippen LogP contribution in [-0.2, 0) is 0 Å². The number of alkyl halides is 2. The molecule has 2 unspecified atom stereocenters. The van der Waals surface area contributed by atoms with Crippen molar-refractivity contribution in [1.29, 1.82) is 0 Å². The summed E-state index contributed by atoms with van der Waals surface area (Å²) in [4.78, 5) is 0. The molecule has 0 aromatic rings. The number of hydrogen-bond acceptors (Lipinski definition) is 2. The SMILES string of the molecule is CCC1CCCC(O)(C2(N)CC(F)(F)C2)CC1. The smallest absolute Gasteiger partial charge is 0.251 e. The van der Waals surface area contributed by atoms with E-state index in [2.05, 4.69) is 6.92 Å². The zero-order valence-electron chi connectivity index (χ0n) is 10.5. The highest BCUT2D eigenvalue weighted by molar-refractivity contribution is 5.15. The first-order chi connectivity index (χ1) is 7.80. The quantitative estimate of drug-likeness (QED) is 0.737. The molecule has 0 aromatic heterocycles. The summed E-state index contributed by atoms with van der Waals surface area (Å²) in [5.41, 5.74) is 3.89. The molecule has 2 nitrogen and oxygen atoms in total. The fourth-order valence-corrected chi connectivity index (χ4v) is 3.50. The van der Waals surface area contributed by atoms with Crippen LogP contribution in [0.15, 0.2) is 0 Å². The van der Waals surface area contributed by atoms with Gasteiger partial charge in [-0.05, 0) is 25.2 Å². The second-order valence-electron chi connectivity index (χ2n) is 6.10. The maximum Gasteiger partial charge on any atom is 0.251 e. The van der Waals surface area contributed by atoms with E-state index in [-0.39, 0.29) is 12.8 Å². The van der Waals surface area contributed by atoms with Crippen LogP contribution >= 0.6 is 0 Å². The molecule has 0 aromatic carbocycles. The normalized spacial score (nSPS) is 40.4. The zero-order chi connectivity index (χ0) is 12.7. The van der Waals surface area contributed by atoms with Crippen molar-refractivity contribution in [3.63, 3.8) is 0 Å². The zero-order valence-corrected chi connectivity index (χ0v) is 10.5. The summed E-state index contributed by atoms with van der Waals surface area (Å²) in [6, 6.07) is 0. The van der Waals surface area contributed by atoms with Gasteiger partial charge in [-0.3, -0.25) is 0 Å². The first-order valence-corrected chi connectivity index (χ1v) is 6.69. The van der Waals surface area contributed by atoms with Crippen molar-refractivity contribution < 1.29 is 13.9 Å². The van der Waals surface area contributed by atoms with Crippen molar-refractivity contribution >= 4 is 0 Å². The molecule has 100 valence electrons. The summed E-state index contributed by atoms with van der Waals surface area (Å²) in [5, 5.41) is 10.6. The number of nitrogens with two attached hydrogens (primary N) is 1. The molecule has 2 aliphatic carbocycles. The molecule has 0 saturated heterocycles. The molecule has 2 fully saturated rings. The summed E-state index contributed by atoms with van der Waals surface area (Å²) < 4.78 is 26.0. The van der Waals surface area contributed by atoms with Gasteiger partial charge in [-0.15, -0.1) is 0 Å². The van der Waals surface area contributed by atoms with E-state index in [1.165, 1.54) is 0 Å². The van der Waals surface area contributed by atoms with E-state index >= 15 is 0 Å². The third-order valence-corrected chi connectivity index (χ3v) is 4.82. The molecule has 2 aliphatic rings. The molecule has 2 saturated carbocycles. The minimum absolute atomic E-state index is 0.354. The lowest BCUT2D eigenvalue weighted by Gasteiger charge is -2.54. The fourth-order valence-electron chi connectivity index (χ4n) is 3.50.